The van der Waals surface area contributed by atoms with E-state index in [1.54, 1.807) is 18.2 Å². The van der Waals surface area contributed by atoms with Crippen LogP contribution in [0.5, 0.6) is 5.75 Å². The monoisotopic (exact) mass is 421 g/mol. The van der Waals surface area contributed by atoms with Crippen LogP contribution in [-0.4, -0.2) is 24.2 Å². The predicted octanol–water partition coefficient (Wildman–Crippen LogP) is -1.69. The Bertz CT molecular complexity index is 937. The number of rotatable bonds is 9. The number of ether oxygens (including phenoxy) is 1. The second-order valence-electron chi connectivity index (χ2n) is 6.01. The fraction of sp³-hybridized carbons (Fsp3) is 0.211. The second-order valence-corrected chi connectivity index (χ2v) is 6.01. The van der Waals surface area contributed by atoms with Crippen LogP contribution in [0.15, 0.2) is 53.2 Å². The third kappa shape index (κ3) is 6.44. The van der Waals surface area contributed by atoms with Crippen molar-refractivity contribution < 1.29 is 36.1 Å². The molecule has 0 saturated carbocycles. The van der Waals surface area contributed by atoms with Crippen molar-refractivity contribution in [2.45, 2.75) is 13.2 Å². The third-order valence-corrected chi connectivity index (χ3v) is 3.93. The van der Waals surface area contributed by atoms with Crippen LogP contribution in [0.3, 0.4) is 0 Å². The molecule has 154 valence electrons. The summed E-state index contributed by atoms with van der Waals surface area (Å²) in [5, 5.41) is 11.7. The fourth-order valence-corrected chi connectivity index (χ4v) is 2.48. The summed E-state index contributed by atoms with van der Waals surface area (Å²) in [6, 6.07) is 14.1. The van der Waals surface area contributed by atoms with Gasteiger partial charge in [0.25, 0.3) is 5.91 Å². The molecule has 0 aliphatic carbocycles. The van der Waals surface area contributed by atoms with E-state index in [1.807, 2.05) is 24.3 Å². The molecule has 2 aromatic carbocycles. The Morgan fingerprint density at radius 3 is 2.79 bits per heavy atom. The minimum absolute atomic E-state index is 0. The number of hydrogen-bond acceptors (Lipinski definition) is 6. The average Bonchev–Trinajstić information content (AvgIpc) is 3.13. The van der Waals surface area contributed by atoms with Gasteiger partial charge in [0.2, 0.25) is 0 Å². The van der Waals surface area contributed by atoms with E-state index in [9.17, 15) is 9.18 Å². The average molecular weight is 422 g/mol. The summed E-state index contributed by atoms with van der Waals surface area (Å²) in [6.45, 7) is 1.70. The Morgan fingerprint density at radius 1 is 1.21 bits per heavy atom. The standard InChI is InChI=1S/C19H20FN5O3.ClH/c20-16-7-2-1-5-14(16)12-27-15-6-3-4-13(10-15)11-22-8-9-23-19(26)17-18(21)25-28-24-17;/h1-7,10,22H,8-9,11-12H2,(H2,21,25)(H,23,26);1H. The van der Waals surface area contributed by atoms with Crippen molar-refractivity contribution in [3.05, 3.63) is 71.2 Å². The van der Waals surface area contributed by atoms with Gasteiger partial charge in [-0.25, -0.2) is 4.39 Å². The zero-order valence-corrected chi connectivity index (χ0v) is 16.2. The van der Waals surface area contributed by atoms with Crippen LogP contribution in [0.25, 0.3) is 0 Å². The van der Waals surface area contributed by atoms with Crippen molar-refractivity contribution in [1.82, 2.24) is 15.8 Å². The van der Waals surface area contributed by atoms with Gasteiger partial charge in [0, 0.05) is 25.2 Å². The highest BCUT2D eigenvalue weighted by Gasteiger charge is 2.21. The summed E-state index contributed by atoms with van der Waals surface area (Å²) in [5.74, 6) is 0.0479. The molecule has 0 atom stereocenters. The van der Waals surface area contributed by atoms with Gasteiger partial charge in [-0.05, 0) is 23.8 Å². The molecular formula is C19H21ClFN5O3. The molecule has 3 aromatic rings. The number of aromatic amines is 1. The number of anilines is 1. The minimum atomic E-state index is -0.409. The molecule has 0 radical (unpaired) electrons. The van der Waals surface area contributed by atoms with Gasteiger partial charge in [0.05, 0.1) is 0 Å². The molecule has 1 amide bonds. The maximum Gasteiger partial charge on any atom is 0.322 e. The Kier molecular flexibility index (Phi) is 8.38. The quantitative estimate of drug-likeness (QED) is 0.355. The highest BCUT2D eigenvalue weighted by atomic mass is 35.5. The summed E-state index contributed by atoms with van der Waals surface area (Å²) in [5.41, 5.74) is 7.05. The van der Waals surface area contributed by atoms with Gasteiger partial charge in [-0.3, -0.25) is 4.79 Å². The Hall–Kier alpha value is -3.17. The molecule has 1 aromatic heterocycles. The lowest BCUT2D eigenvalue weighted by molar-refractivity contribution is -0.610. The van der Waals surface area contributed by atoms with Crippen LogP contribution < -0.4 is 38.7 Å². The second kappa shape index (κ2) is 11.0. The van der Waals surface area contributed by atoms with Crippen LogP contribution in [0.2, 0.25) is 0 Å². The Labute approximate surface area is 173 Å². The van der Waals surface area contributed by atoms with E-state index in [1.165, 1.54) is 6.07 Å². The van der Waals surface area contributed by atoms with E-state index in [2.05, 4.69) is 25.6 Å². The zero-order chi connectivity index (χ0) is 19.8. The molecule has 0 bridgehead atoms. The molecule has 0 aliphatic rings. The molecular weight excluding hydrogens is 401 g/mol. The van der Waals surface area contributed by atoms with E-state index in [4.69, 9.17) is 10.5 Å². The number of nitrogens with zero attached hydrogens (tertiary/aromatic N) is 1. The molecule has 0 aliphatic heterocycles. The number of aromatic nitrogens is 2. The summed E-state index contributed by atoms with van der Waals surface area (Å²) < 4.78 is 23.8. The normalized spacial score (nSPS) is 10.2. The molecule has 5 N–H and O–H groups in total. The predicted molar refractivity (Wildman–Crippen MR) is 98.7 cm³/mol. The molecule has 3 rings (SSSR count). The first-order valence-corrected chi connectivity index (χ1v) is 8.70. The number of carbonyl (C=O) groups excluding carboxylic acids is 1. The highest BCUT2D eigenvalue weighted by Crippen LogP contribution is 2.16. The first-order chi connectivity index (χ1) is 13.6. The van der Waals surface area contributed by atoms with Gasteiger partial charge in [-0.1, -0.05) is 35.5 Å². The van der Waals surface area contributed by atoms with Gasteiger partial charge >= 0.3 is 11.5 Å². The highest BCUT2D eigenvalue weighted by molar-refractivity contribution is 5.95. The van der Waals surface area contributed by atoms with Crippen molar-refractivity contribution >= 4 is 11.7 Å². The number of benzene rings is 2. The van der Waals surface area contributed by atoms with Crippen LogP contribution in [0, 0.1) is 5.82 Å². The SMILES string of the molecule is Nc1[nH+]onc1C(=O)NCCNCc1cccc(OCc2ccccc2F)c1.[Cl-]. The molecule has 29 heavy (non-hydrogen) atoms. The summed E-state index contributed by atoms with van der Waals surface area (Å²) in [7, 11) is 0. The smallest absolute Gasteiger partial charge is 0.322 e. The first-order valence-electron chi connectivity index (χ1n) is 8.70. The number of carbonyl (C=O) groups is 1. The number of nitrogen functional groups attached to an aromatic ring is 1. The third-order valence-electron chi connectivity index (χ3n) is 3.93. The van der Waals surface area contributed by atoms with Crippen molar-refractivity contribution in [2.24, 2.45) is 0 Å². The number of nitrogens with one attached hydrogen (secondary N) is 3. The first kappa shape index (κ1) is 22.1. The number of nitrogens with two attached hydrogens (primary N) is 1. The maximum absolute atomic E-state index is 13.6. The van der Waals surface area contributed by atoms with Gasteiger partial charge in [0.1, 0.15) is 23.3 Å². The van der Waals surface area contributed by atoms with Crippen molar-refractivity contribution in [2.75, 3.05) is 18.8 Å². The van der Waals surface area contributed by atoms with Crippen molar-refractivity contribution in [1.29, 1.82) is 0 Å². The molecule has 0 unspecified atom stereocenters. The number of hydrogen-bond donors (Lipinski definition) is 3. The van der Waals surface area contributed by atoms with E-state index >= 15 is 0 Å². The van der Waals surface area contributed by atoms with Crippen LogP contribution >= 0.6 is 0 Å². The molecule has 1 heterocycles. The molecule has 10 heteroatoms. The topological polar surface area (TPSA) is 117 Å². The van der Waals surface area contributed by atoms with E-state index in [-0.39, 0.29) is 36.3 Å². The summed E-state index contributed by atoms with van der Waals surface area (Å²) in [6.07, 6.45) is 0. The number of halogens is 2. The summed E-state index contributed by atoms with van der Waals surface area (Å²) >= 11 is 0. The van der Waals surface area contributed by atoms with E-state index < -0.39 is 5.91 Å². The van der Waals surface area contributed by atoms with Crippen LogP contribution in [0.1, 0.15) is 21.6 Å². The lowest BCUT2D eigenvalue weighted by Gasteiger charge is -2.10. The van der Waals surface area contributed by atoms with E-state index in [0.717, 1.165) is 5.56 Å². The zero-order valence-electron chi connectivity index (χ0n) is 15.5. The van der Waals surface area contributed by atoms with Gasteiger partial charge in [0.15, 0.2) is 0 Å². The molecule has 0 saturated heterocycles. The lowest BCUT2D eigenvalue weighted by Crippen LogP contribution is -3.00. The van der Waals surface area contributed by atoms with Crippen LogP contribution in [0.4, 0.5) is 10.2 Å². The Morgan fingerprint density at radius 2 is 2.03 bits per heavy atom. The minimum Gasteiger partial charge on any atom is -1.00 e. The van der Waals surface area contributed by atoms with E-state index in [0.29, 0.717) is 30.9 Å². The molecule has 0 fully saturated rings. The Balaban J connectivity index is 0.00000300. The van der Waals surface area contributed by atoms with Gasteiger partial charge in [-0.2, -0.15) is 0 Å². The maximum atomic E-state index is 13.6. The van der Waals surface area contributed by atoms with Crippen LogP contribution in [-0.2, 0) is 13.2 Å². The summed E-state index contributed by atoms with van der Waals surface area (Å²) in [4.78, 5) is 11.8. The van der Waals surface area contributed by atoms with Crippen molar-refractivity contribution in [3.8, 4) is 5.75 Å². The fourth-order valence-electron chi connectivity index (χ4n) is 2.48. The number of amides is 1. The molecule has 8 nitrogen and oxygen atoms in total. The van der Waals surface area contributed by atoms with Gasteiger partial charge in [-0.15, -0.1) is 4.63 Å². The van der Waals surface area contributed by atoms with Crippen molar-refractivity contribution in [3.63, 3.8) is 0 Å². The molecule has 0 spiro atoms. The largest absolute Gasteiger partial charge is 1.00 e. The van der Waals surface area contributed by atoms with Gasteiger partial charge < -0.3 is 33.5 Å². The number of H-pyrrole nitrogens is 1. The lowest BCUT2D eigenvalue weighted by atomic mass is 10.2.